The number of nitrogens with zero attached hydrogens (tertiary/aromatic N) is 2. The van der Waals surface area contributed by atoms with Crippen LogP contribution in [-0.2, 0) is 9.59 Å². The molecule has 3 N–H and O–H groups in total. The van der Waals surface area contributed by atoms with Gasteiger partial charge in [0.25, 0.3) is 18.2 Å². The Labute approximate surface area is 229 Å². The lowest BCUT2D eigenvalue weighted by atomic mass is 9.99. The van der Waals surface area contributed by atoms with Gasteiger partial charge in [0.1, 0.15) is 11.6 Å². The zero-order valence-electron chi connectivity index (χ0n) is 22.5. The second-order valence-corrected chi connectivity index (χ2v) is 9.24. The molecule has 214 valence electrons. The van der Waals surface area contributed by atoms with E-state index in [-0.39, 0.29) is 34.8 Å². The predicted molar refractivity (Wildman–Crippen MR) is 145 cm³/mol. The number of amides is 3. The van der Waals surface area contributed by atoms with Crippen molar-refractivity contribution >= 4 is 29.6 Å². The number of likely N-dealkylation sites (N-methyl/N-ethyl adjacent to an activating group) is 1. The van der Waals surface area contributed by atoms with E-state index in [9.17, 15) is 27.6 Å². The van der Waals surface area contributed by atoms with E-state index in [1.165, 1.54) is 38.2 Å². The third-order valence-electron chi connectivity index (χ3n) is 6.78. The molecular weight excluding hydrogens is 530 g/mol. The molecule has 0 saturated carbocycles. The van der Waals surface area contributed by atoms with Gasteiger partial charge in [0.15, 0.2) is 0 Å². The van der Waals surface area contributed by atoms with Gasteiger partial charge >= 0.3 is 0 Å². The second-order valence-electron chi connectivity index (χ2n) is 9.24. The van der Waals surface area contributed by atoms with Crippen molar-refractivity contribution in [1.29, 1.82) is 0 Å². The maximum Gasteiger partial charge on any atom is 0.264 e. The topological polar surface area (TPSA) is 93.8 Å². The van der Waals surface area contributed by atoms with Gasteiger partial charge in [-0.25, -0.2) is 17.6 Å². The minimum absolute atomic E-state index is 0.0527. The van der Waals surface area contributed by atoms with Crippen molar-refractivity contribution in [3.63, 3.8) is 0 Å². The molecule has 1 heterocycles. The van der Waals surface area contributed by atoms with Crippen LogP contribution < -0.4 is 20.9 Å². The van der Waals surface area contributed by atoms with E-state index in [1.807, 2.05) is 18.9 Å². The highest BCUT2D eigenvalue weighted by atomic mass is 19.3. The average molecular weight is 562 g/mol. The van der Waals surface area contributed by atoms with Crippen molar-refractivity contribution in [2.24, 2.45) is 0 Å². The molecule has 0 bridgehead atoms. The van der Waals surface area contributed by atoms with Crippen molar-refractivity contribution in [2.45, 2.75) is 26.3 Å². The summed E-state index contributed by atoms with van der Waals surface area (Å²) in [7, 11) is 3.28. The predicted octanol–water partition coefficient (Wildman–Crippen LogP) is 3.91. The standard InChI is InChI=1S/C28H31F4N5O3/c1-5-18(26(31)32)21(13-34-15-38)28(40)35-24-11-19(17-6-7-22(29)20(10-17)27(39)33-3)23(30)12-25(24)37-9-8-36(4)16(2)14-37/h5-7,10-13,15-16,26H,8-9,14H2,1-4H3,(H,33,39)(H,34,38)(H,35,40)/b18-5+,21-13+. The highest BCUT2D eigenvalue weighted by molar-refractivity contribution is 6.09. The smallest absolute Gasteiger partial charge is 0.264 e. The number of carbonyl (C=O) groups excluding carboxylic acids is 3. The fourth-order valence-corrected chi connectivity index (χ4v) is 4.40. The van der Waals surface area contributed by atoms with Crippen LogP contribution in [0.5, 0.6) is 0 Å². The Bertz CT molecular complexity index is 1350. The van der Waals surface area contributed by atoms with Crippen molar-refractivity contribution in [3.8, 4) is 11.1 Å². The summed E-state index contributed by atoms with van der Waals surface area (Å²) in [6.45, 7) is 4.94. The average Bonchev–Trinajstić information content (AvgIpc) is 2.92. The normalized spacial score (nSPS) is 16.6. The number of benzene rings is 2. The number of alkyl halides is 2. The molecule has 40 heavy (non-hydrogen) atoms. The van der Waals surface area contributed by atoms with E-state index in [0.717, 1.165) is 18.3 Å². The molecule has 1 atom stereocenters. The van der Waals surface area contributed by atoms with Gasteiger partial charge in [0.05, 0.1) is 22.5 Å². The van der Waals surface area contributed by atoms with Gasteiger partial charge in [0.2, 0.25) is 6.41 Å². The van der Waals surface area contributed by atoms with E-state index in [4.69, 9.17) is 0 Å². The number of rotatable bonds is 9. The van der Waals surface area contributed by atoms with Crippen LogP contribution in [0.15, 0.2) is 53.8 Å². The van der Waals surface area contributed by atoms with Gasteiger partial charge in [-0.2, -0.15) is 0 Å². The Balaban J connectivity index is 2.16. The first-order valence-corrected chi connectivity index (χ1v) is 12.5. The fraction of sp³-hybridized carbons (Fsp3) is 0.321. The number of hydrogen-bond donors (Lipinski definition) is 3. The molecule has 3 rings (SSSR count). The van der Waals surface area contributed by atoms with Crippen LogP contribution >= 0.6 is 0 Å². The van der Waals surface area contributed by atoms with E-state index in [1.54, 1.807) is 0 Å². The van der Waals surface area contributed by atoms with Crippen molar-refractivity contribution in [3.05, 3.63) is 71.0 Å². The summed E-state index contributed by atoms with van der Waals surface area (Å²) in [5, 5.41) is 7.04. The van der Waals surface area contributed by atoms with Crippen LogP contribution in [0.4, 0.5) is 28.9 Å². The Hall–Kier alpha value is -4.19. The van der Waals surface area contributed by atoms with Crippen LogP contribution in [0.25, 0.3) is 11.1 Å². The SMILES string of the molecule is C/C=C(\C(=C/NC=O)C(=O)Nc1cc(-c2ccc(F)c(C(=O)NC)c2)c(F)cc1N1CCN(C)C(C)C1)C(F)F. The molecule has 2 aromatic carbocycles. The summed E-state index contributed by atoms with van der Waals surface area (Å²) in [5.74, 6) is -3.17. The minimum atomic E-state index is -3.01. The molecule has 3 amide bonds. The van der Waals surface area contributed by atoms with Crippen molar-refractivity contribution in [1.82, 2.24) is 15.5 Å². The molecule has 12 heteroatoms. The lowest BCUT2D eigenvalue weighted by Gasteiger charge is -2.39. The van der Waals surface area contributed by atoms with Gasteiger partial charge in [-0.3, -0.25) is 14.4 Å². The van der Waals surface area contributed by atoms with E-state index in [0.29, 0.717) is 25.3 Å². The van der Waals surface area contributed by atoms with Gasteiger partial charge in [-0.05, 0) is 50.7 Å². The van der Waals surface area contributed by atoms with E-state index >= 15 is 4.39 Å². The molecule has 8 nitrogen and oxygen atoms in total. The lowest BCUT2D eigenvalue weighted by Crippen LogP contribution is -2.50. The molecule has 0 aromatic heterocycles. The third-order valence-corrected chi connectivity index (χ3v) is 6.78. The largest absolute Gasteiger partial charge is 0.367 e. The van der Waals surface area contributed by atoms with Crippen molar-refractivity contribution in [2.75, 3.05) is 43.9 Å². The molecule has 0 radical (unpaired) electrons. The number of nitrogens with one attached hydrogen (secondary N) is 3. The second kappa shape index (κ2) is 13.2. The van der Waals surface area contributed by atoms with Crippen LogP contribution in [0, 0.1) is 11.6 Å². The van der Waals surface area contributed by atoms with Gasteiger partial charge in [-0.15, -0.1) is 0 Å². The first kappa shape index (κ1) is 30.4. The third kappa shape index (κ3) is 6.68. The molecule has 0 spiro atoms. The Morgan fingerprint density at radius 3 is 2.42 bits per heavy atom. The molecule has 1 fully saturated rings. The van der Waals surface area contributed by atoms with Gasteiger partial charge in [0, 0.05) is 50.1 Å². The Kier molecular flexibility index (Phi) is 10.1. The van der Waals surface area contributed by atoms with E-state index in [2.05, 4.69) is 20.9 Å². The number of piperazine rings is 1. The lowest BCUT2D eigenvalue weighted by molar-refractivity contribution is -0.112. The molecule has 1 unspecified atom stereocenters. The quantitative estimate of drug-likeness (QED) is 0.187. The molecule has 2 aromatic rings. The minimum Gasteiger partial charge on any atom is -0.367 e. The maximum absolute atomic E-state index is 15.6. The fourth-order valence-electron chi connectivity index (χ4n) is 4.40. The summed E-state index contributed by atoms with van der Waals surface area (Å²) in [6.07, 6.45) is -0.862. The number of halogens is 4. The monoisotopic (exact) mass is 561 g/mol. The summed E-state index contributed by atoms with van der Waals surface area (Å²) >= 11 is 0. The van der Waals surface area contributed by atoms with Crippen LogP contribution in [0.2, 0.25) is 0 Å². The van der Waals surface area contributed by atoms with Crippen molar-refractivity contribution < 1.29 is 31.9 Å². The number of hydrogen-bond acceptors (Lipinski definition) is 5. The molecule has 1 aliphatic rings. The highest BCUT2D eigenvalue weighted by Crippen LogP contribution is 2.36. The van der Waals surface area contributed by atoms with Crippen LogP contribution in [0.3, 0.4) is 0 Å². The number of anilines is 2. The van der Waals surface area contributed by atoms with E-state index < -0.39 is 41.0 Å². The Morgan fingerprint density at radius 1 is 1.10 bits per heavy atom. The summed E-state index contributed by atoms with van der Waals surface area (Å²) in [4.78, 5) is 40.3. The van der Waals surface area contributed by atoms with Gasteiger partial charge < -0.3 is 25.8 Å². The number of allylic oxidation sites excluding steroid dienone is 1. The zero-order valence-corrected chi connectivity index (χ0v) is 22.5. The summed E-state index contributed by atoms with van der Waals surface area (Å²) < 4.78 is 57.3. The molecule has 0 aliphatic carbocycles. The zero-order chi connectivity index (χ0) is 29.6. The summed E-state index contributed by atoms with van der Waals surface area (Å²) in [6, 6.07) is 6.12. The molecule has 1 aliphatic heterocycles. The first-order chi connectivity index (χ1) is 19.0. The highest BCUT2D eigenvalue weighted by Gasteiger charge is 2.27. The van der Waals surface area contributed by atoms with Crippen LogP contribution in [0.1, 0.15) is 24.2 Å². The Morgan fingerprint density at radius 2 is 1.82 bits per heavy atom. The molecule has 1 saturated heterocycles. The first-order valence-electron chi connectivity index (χ1n) is 12.5. The maximum atomic E-state index is 15.6. The van der Waals surface area contributed by atoms with Gasteiger partial charge in [-0.1, -0.05) is 12.1 Å². The molecular formula is C28H31F4N5O3. The van der Waals surface area contributed by atoms with Crippen LogP contribution in [-0.4, -0.2) is 69.3 Å². The summed E-state index contributed by atoms with van der Waals surface area (Å²) in [5.41, 5.74) is -0.888. The number of carbonyl (C=O) groups is 3.